The monoisotopic (exact) mass is 394 g/mol. The molecule has 0 bridgehead atoms. The number of carbonyl (C=O) groups is 2. The Kier molecular flexibility index (Phi) is 5.55. The lowest BCUT2D eigenvalue weighted by Crippen LogP contribution is -2.34. The molecule has 0 radical (unpaired) electrons. The van der Waals surface area contributed by atoms with Crippen LogP contribution in [-0.2, 0) is 17.9 Å². The van der Waals surface area contributed by atoms with Gasteiger partial charge in [0.2, 0.25) is 5.91 Å². The minimum Gasteiger partial charge on any atom is -0.366 e. The zero-order chi connectivity index (χ0) is 19.6. The molecule has 1 aliphatic heterocycles. The van der Waals surface area contributed by atoms with Crippen LogP contribution in [0.4, 0.5) is 14.6 Å². The van der Waals surface area contributed by atoms with Crippen LogP contribution in [0.25, 0.3) is 0 Å². The van der Waals surface area contributed by atoms with Gasteiger partial charge < -0.3 is 15.5 Å². The number of hydrogen-bond acceptors (Lipinski definition) is 4. The van der Waals surface area contributed by atoms with Gasteiger partial charge in [-0.1, -0.05) is 11.6 Å². The molecule has 0 spiro atoms. The highest BCUT2D eigenvalue weighted by Gasteiger charge is 2.28. The lowest BCUT2D eigenvalue weighted by atomic mass is 10.2. The van der Waals surface area contributed by atoms with Crippen LogP contribution in [0.5, 0.6) is 0 Å². The average Bonchev–Trinajstić information content (AvgIpc) is 2.89. The van der Waals surface area contributed by atoms with Gasteiger partial charge in [-0.2, -0.15) is 0 Å². The summed E-state index contributed by atoms with van der Waals surface area (Å²) in [4.78, 5) is 29.2. The summed E-state index contributed by atoms with van der Waals surface area (Å²) >= 11 is 5.61. The second kappa shape index (κ2) is 7.87. The van der Waals surface area contributed by atoms with E-state index in [0.717, 1.165) is 12.1 Å². The van der Waals surface area contributed by atoms with Gasteiger partial charge in [0.15, 0.2) is 0 Å². The molecule has 9 heteroatoms. The van der Waals surface area contributed by atoms with E-state index in [4.69, 9.17) is 11.6 Å². The van der Waals surface area contributed by atoms with Crippen molar-refractivity contribution in [2.75, 3.05) is 18.4 Å². The van der Waals surface area contributed by atoms with Crippen LogP contribution in [0.1, 0.15) is 28.5 Å². The molecule has 0 aliphatic carbocycles. The Hall–Kier alpha value is -2.74. The molecule has 6 nitrogen and oxygen atoms in total. The predicted octanol–water partition coefficient (Wildman–Crippen LogP) is 2.72. The Morgan fingerprint density at radius 1 is 1.30 bits per heavy atom. The smallest absolute Gasteiger partial charge is 0.256 e. The Bertz CT molecular complexity index is 884. The molecule has 27 heavy (non-hydrogen) atoms. The number of amides is 2. The van der Waals surface area contributed by atoms with Crippen LogP contribution in [0.2, 0.25) is 5.02 Å². The van der Waals surface area contributed by atoms with E-state index in [0.29, 0.717) is 36.7 Å². The highest BCUT2D eigenvalue weighted by Crippen LogP contribution is 2.24. The molecule has 3 rings (SSSR count). The highest BCUT2D eigenvalue weighted by molar-refractivity contribution is 6.30. The molecule has 1 aromatic carbocycles. The summed E-state index contributed by atoms with van der Waals surface area (Å²) in [7, 11) is 0. The number of nitrogens with zero attached hydrogens (tertiary/aromatic N) is 2. The molecule has 2 amide bonds. The summed E-state index contributed by atoms with van der Waals surface area (Å²) in [6.45, 7) is 2.34. The van der Waals surface area contributed by atoms with E-state index in [2.05, 4.69) is 15.6 Å². The molecule has 142 valence electrons. The van der Waals surface area contributed by atoms with E-state index in [9.17, 15) is 18.4 Å². The van der Waals surface area contributed by atoms with E-state index in [1.165, 1.54) is 6.92 Å². The van der Waals surface area contributed by atoms with Crippen molar-refractivity contribution in [3.05, 3.63) is 57.7 Å². The van der Waals surface area contributed by atoms with E-state index < -0.39 is 11.6 Å². The summed E-state index contributed by atoms with van der Waals surface area (Å²) in [5, 5.41) is 5.48. The Balaban J connectivity index is 1.66. The second-order valence-electron chi connectivity index (χ2n) is 6.10. The third kappa shape index (κ3) is 4.33. The van der Waals surface area contributed by atoms with Gasteiger partial charge in [0.05, 0.1) is 17.8 Å². The summed E-state index contributed by atoms with van der Waals surface area (Å²) in [6.07, 6.45) is 0. The number of aromatic nitrogens is 1. The molecular weight excluding hydrogens is 378 g/mol. The fourth-order valence-electron chi connectivity index (χ4n) is 2.81. The van der Waals surface area contributed by atoms with Crippen molar-refractivity contribution >= 4 is 29.2 Å². The van der Waals surface area contributed by atoms with Gasteiger partial charge in [0.1, 0.15) is 17.5 Å². The fraction of sp³-hybridized carbons (Fsp3) is 0.278. The number of anilines is 1. The lowest BCUT2D eigenvalue weighted by molar-refractivity contribution is -0.119. The summed E-state index contributed by atoms with van der Waals surface area (Å²) in [6, 6.07) is 5.30. The summed E-state index contributed by atoms with van der Waals surface area (Å²) in [5.41, 5.74) is 0.909. The number of nitrogens with one attached hydrogen (secondary N) is 2. The van der Waals surface area contributed by atoms with Crippen LogP contribution < -0.4 is 10.6 Å². The topological polar surface area (TPSA) is 74.3 Å². The average molecular weight is 395 g/mol. The molecule has 0 saturated carbocycles. The zero-order valence-corrected chi connectivity index (χ0v) is 15.2. The number of carbonyl (C=O) groups excluding carboxylic acids is 2. The number of benzene rings is 1. The molecule has 1 aromatic heterocycles. The van der Waals surface area contributed by atoms with Crippen molar-refractivity contribution in [2.45, 2.75) is 20.0 Å². The van der Waals surface area contributed by atoms with E-state index >= 15 is 0 Å². The van der Waals surface area contributed by atoms with E-state index in [1.54, 1.807) is 17.0 Å². The molecule has 0 saturated heterocycles. The number of halogens is 3. The Morgan fingerprint density at radius 3 is 2.67 bits per heavy atom. The van der Waals surface area contributed by atoms with Crippen LogP contribution in [0, 0.1) is 11.6 Å². The molecule has 0 atom stereocenters. The molecule has 1 aliphatic rings. The maximum Gasteiger partial charge on any atom is 0.256 e. The second-order valence-corrected chi connectivity index (χ2v) is 6.54. The van der Waals surface area contributed by atoms with Gasteiger partial charge >= 0.3 is 0 Å². The van der Waals surface area contributed by atoms with Crippen LogP contribution in [-0.4, -0.2) is 34.8 Å². The van der Waals surface area contributed by atoms with Crippen LogP contribution >= 0.6 is 11.6 Å². The highest BCUT2D eigenvalue weighted by atomic mass is 35.5. The minimum absolute atomic E-state index is 0.0118. The lowest BCUT2D eigenvalue weighted by Gasteiger charge is -2.14. The number of hydrogen-bond donors (Lipinski definition) is 2. The maximum atomic E-state index is 13.8. The summed E-state index contributed by atoms with van der Waals surface area (Å²) in [5.74, 6) is -1.41. The molecule has 2 aromatic rings. The van der Waals surface area contributed by atoms with Gasteiger partial charge in [-0.25, -0.2) is 13.8 Å². The Labute approximate surface area is 159 Å². The van der Waals surface area contributed by atoms with Gasteiger partial charge in [-0.3, -0.25) is 9.59 Å². The Morgan fingerprint density at radius 2 is 2.00 bits per heavy atom. The third-order valence-electron chi connectivity index (χ3n) is 4.14. The minimum atomic E-state index is -0.743. The van der Waals surface area contributed by atoms with Crippen LogP contribution in [0.15, 0.2) is 24.3 Å². The van der Waals surface area contributed by atoms with Crippen molar-refractivity contribution in [1.82, 2.24) is 15.2 Å². The first kappa shape index (κ1) is 19.0. The van der Waals surface area contributed by atoms with Crippen molar-refractivity contribution in [3.8, 4) is 0 Å². The van der Waals surface area contributed by atoms with Crippen molar-refractivity contribution in [3.63, 3.8) is 0 Å². The van der Waals surface area contributed by atoms with Gasteiger partial charge in [0.25, 0.3) is 5.91 Å². The summed E-state index contributed by atoms with van der Waals surface area (Å²) < 4.78 is 27.7. The van der Waals surface area contributed by atoms with Gasteiger partial charge in [-0.15, -0.1) is 0 Å². The largest absolute Gasteiger partial charge is 0.366 e. The quantitative estimate of drug-likeness (QED) is 0.790. The van der Waals surface area contributed by atoms with Crippen molar-refractivity contribution < 1.29 is 18.4 Å². The zero-order valence-electron chi connectivity index (χ0n) is 14.5. The first-order chi connectivity index (χ1) is 12.8. The number of fused-ring (bicyclic) bond motifs is 1. The van der Waals surface area contributed by atoms with Crippen molar-refractivity contribution in [2.24, 2.45) is 0 Å². The van der Waals surface area contributed by atoms with E-state index in [-0.39, 0.29) is 28.9 Å². The molecule has 2 N–H and O–H groups in total. The van der Waals surface area contributed by atoms with E-state index in [1.807, 2.05) is 0 Å². The molecule has 0 fully saturated rings. The fourth-order valence-corrected chi connectivity index (χ4v) is 3.00. The number of rotatable bonds is 6. The first-order valence-electron chi connectivity index (χ1n) is 8.26. The first-order valence-corrected chi connectivity index (χ1v) is 8.64. The molecular formula is C18H17ClF2N4O2. The van der Waals surface area contributed by atoms with Crippen molar-refractivity contribution in [1.29, 1.82) is 0 Å². The number of pyridine rings is 1. The predicted molar refractivity (Wildman–Crippen MR) is 96.4 cm³/mol. The molecule has 0 unspecified atom stereocenters. The van der Waals surface area contributed by atoms with Crippen LogP contribution in [0.3, 0.4) is 0 Å². The SMILES string of the molecule is CC(=O)NCCN1Cc2nc(NCc3c(F)cc(Cl)cc3F)ccc2C1=O. The maximum absolute atomic E-state index is 13.8. The molecule has 2 heterocycles. The standard InChI is InChI=1S/C18H17ClF2N4O2/c1-10(26)22-4-5-25-9-16-12(18(25)27)2-3-17(24-16)23-8-13-14(20)6-11(19)7-15(13)21/h2-3,6-7H,4-5,8-9H2,1H3,(H,22,26)(H,23,24). The van der Waals surface area contributed by atoms with Gasteiger partial charge in [0, 0.05) is 37.1 Å². The third-order valence-corrected chi connectivity index (χ3v) is 4.36. The normalized spacial score (nSPS) is 12.9. The van der Waals surface area contributed by atoms with Gasteiger partial charge in [-0.05, 0) is 24.3 Å².